The fourth-order valence-electron chi connectivity index (χ4n) is 1.73. The van der Waals surface area contributed by atoms with Gasteiger partial charge in [-0.25, -0.2) is 4.98 Å². The second kappa shape index (κ2) is 4.53. The Labute approximate surface area is 122 Å². The van der Waals surface area contributed by atoms with E-state index in [-0.39, 0.29) is 0 Å². The van der Waals surface area contributed by atoms with Gasteiger partial charge < -0.3 is 5.73 Å². The van der Waals surface area contributed by atoms with Crippen LogP contribution in [0.1, 0.15) is 0 Å². The fourth-order valence-corrected chi connectivity index (χ4v) is 3.24. The molecule has 0 atom stereocenters. The maximum atomic E-state index is 5.99. The van der Waals surface area contributed by atoms with Crippen molar-refractivity contribution in [3.8, 4) is 10.6 Å². The molecule has 1 heterocycles. The first-order valence-corrected chi connectivity index (χ1v) is 7.24. The third-order valence-electron chi connectivity index (χ3n) is 2.60. The number of rotatable bonds is 1. The Morgan fingerprint density at radius 1 is 1.17 bits per heavy atom. The minimum atomic E-state index is 0.696. The van der Waals surface area contributed by atoms with Crippen LogP contribution in [0.2, 0.25) is 5.02 Å². The van der Waals surface area contributed by atoms with Gasteiger partial charge in [0.15, 0.2) is 0 Å². The van der Waals surface area contributed by atoms with E-state index in [9.17, 15) is 0 Å². The maximum absolute atomic E-state index is 5.99. The lowest BCUT2D eigenvalue weighted by molar-refractivity contribution is 1.47. The summed E-state index contributed by atoms with van der Waals surface area (Å²) in [6, 6.07) is 11.5. The number of hydrogen-bond donors (Lipinski definition) is 1. The second-order valence-corrected chi connectivity index (χ2v) is 6.25. The molecular formula is C13H8BrClN2S. The van der Waals surface area contributed by atoms with Crippen LogP contribution >= 0.6 is 38.9 Å². The van der Waals surface area contributed by atoms with E-state index < -0.39 is 0 Å². The fraction of sp³-hybridized carbons (Fsp3) is 0. The predicted octanol–water partition coefficient (Wildman–Crippen LogP) is 4.96. The predicted molar refractivity (Wildman–Crippen MR) is 82.2 cm³/mol. The first-order chi connectivity index (χ1) is 8.63. The molecule has 0 aliphatic carbocycles. The van der Waals surface area contributed by atoms with Crippen molar-refractivity contribution >= 4 is 54.8 Å². The van der Waals surface area contributed by atoms with Crippen LogP contribution in [-0.2, 0) is 0 Å². The van der Waals surface area contributed by atoms with E-state index in [1.165, 1.54) is 0 Å². The van der Waals surface area contributed by atoms with Gasteiger partial charge in [0, 0.05) is 20.7 Å². The molecule has 2 N–H and O–H groups in total. The SMILES string of the molecule is Nc1ccc(Br)cc1-c1nc2cc(Cl)ccc2s1. The molecule has 0 unspecified atom stereocenters. The van der Waals surface area contributed by atoms with E-state index in [4.69, 9.17) is 17.3 Å². The molecule has 18 heavy (non-hydrogen) atoms. The van der Waals surface area contributed by atoms with Gasteiger partial charge in [-0.15, -0.1) is 11.3 Å². The van der Waals surface area contributed by atoms with Gasteiger partial charge in [0.05, 0.1) is 10.2 Å². The van der Waals surface area contributed by atoms with Crippen molar-refractivity contribution in [1.29, 1.82) is 0 Å². The Balaban J connectivity index is 2.22. The van der Waals surface area contributed by atoms with Crippen LogP contribution in [0.4, 0.5) is 5.69 Å². The van der Waals surface area contributed by atoms with Gasteiger partial charge in [0.25, 0.3) is 0 Å². The summed E-state index contributed by atoms with van der Waals surface area (Å²) in [5.41, 5.74) is 8.57. The van der Waals surface area contributed by atoms with Crippen molar-refractivity contribution in [2.24, 2.45) is 0 Å². The number of nitrogens with two attached hydrogens (primary N) is 1. The second-order valence-electron chi connectivity index (χ2n) is 3.86. The number of hydrogen-bond acceptors (Lipinski definition) is 3. The number of thiazole rings is 1. The number of halogens is 2. The molecule has 0 saturated heterocycles. The van der Waals surface area contributed by atoms with E-state index in [0.717, 1.165) is 30.9 Å². The van der Waals surface area contributed by atoms with Gasteiger partial charge >= 0.3 is 0 Å². The molecular weight excluding hydrogens is 332 g/mol. The lowest BCUT2D eigenvalue weighted by Crippen LogP contribution is -1.89. The molecule has 0 bridgehead atoms. The molecule has 2 nitrogen and oxygen atoms in total. The van der Waals surface area contributed by atoms with Gasteiger partial charge in [0.1, 0.15) is 5.01 Å². The van der Waals surface area contributed by atoms with Crippen molar-refractivity contribution in [3.63, 3.8) is 0 Å². The van der Waals surface area contributed by atoms with Crippen LogP contribution < -0.4 is 5.73 Å². The summed E-state index contributed by atoms with van der Waals surface area (Å²) in [5, 5.41) is 1.60. The number of benzene rings is 2. The van der Waals surface area contributed by atoms with Gasteiger partial charge in [-0.3, -0.25) is 0 Å². The minimum Gasteiger partial charge on any atom is -0.398 e. The van der Waals surface area contributed by atoms with Gasteiger partial charge in [-0.2, -0.15) is 0 Å². The van der Waals surface area contributed by atoms with E-state index in [2.05, 4.69) is 20.9 Å². The number of anilines is 1. The standard InChI is InChI=1S/C13H8BrClN2S/c14-7-1-3-10(16)9(5-7)13-17-11-6-8(15)2-4-12(11)18-13/h1-6H,16H2. The normalized spacial score (nSPS) is 11.0. The number of fused-ring (bicyclic) bond motifs is 1. The highest BCUT2D eigenvalue weighted by molar-refractivity contribution is 9.10. The Hall–Kier alpha value is -1.10. The van der Waals surface area contributed by atoms with Crippen LogP contribution in [-0.4, -0.2) is 4.98 Å². The van der Waals surface area contributed by atoms with Crippen LogP contribution in [0.5, 0.6) is 0 Å². The molecule has 90 valence electrons. The summed E-state index contributed by atoms with van der Waals surface area (Å²) in [7, 11) is 0. The van der Waals surface area contributed by atoms with Gasteiger partial charge in [0.2, 0.25) is 0 Å². The lowest BCUT2D eigenvalue weighted by Gasteiger charge is -2.01. The van der Waals surface area contributed by atoms with Crippen LogP contribution in [0.3, 0.4) is 0 Å². The molecule has 0 aliphatic heterocycles. The Morgan fingerprint density at radius 3 is 2.83 bits per heavy atom. The molecule has 3 aromatic rings. The molecule has 1 aromatic heterocycles. The molecule has 0 radical (unpaired) electrons. The number of nitrogens with zero attached hydrogens (tertiary/aromatic N) is 1. The van der Waals surface area contributed by atoms with Crippen molar-refractivity contribution in [2.45, 2.75) is 0 Å². The van der Waals surface area contributed by atoms with Gasteiger partial charge in [-0.1, -0.05) is 27.5 Å². The number of nitrogen functional groups attached to an aromatic ring is 1. The Morgan fingerprint density at radius 2 is 2.00 bits per heavy atom. The average molecular weight is 340 g/mol. The average Bonchev–Trinajstić information content (AvgIpc) is 2.74. The maximum Gasteiger partial charge on any atom is 0.126 e. The molecule has 0 aliphatic rings. The van der Waals surface area contributed by atoms with Crippen LogP contribution in [0.15, 0.2) is 40.9 Å². The summed E-state index contributed by atoms with van der Waals surface area (Å²) in [5.74, 6) is 0. The highest BCUT2D eigenvalue weighted by Crippen LogP contribution is 2.35. The first kappa shape index (κ1) is 12.0. The van der Waals surface area contributed by atoms with E-state index in [0.29, 0.717) is 5.02 Å². The monoisotopic (exact) mass is 338 g/mol. The smallest absolute Gasteiger partial charge is 0.126 e. The summed E-state index contributed by atoms with van der Waals surface area (Å²) < 4.78 is 2.10. The molecule has 0 saturated carbocycles. The van der Waals surface area contributed by atoms with E-state index in [1.54, 1.807) is 11.3 Å². The van der Waals surface area contributed by atoms with E-state index >= 15 is 0 Å². The third-order valence-corrected chi connectivity index (χ3v) is 4.39. The summed E-state index contributed by atoms with van der Waals surface area (Å²) >= 11 is 11.0. The van der Waals surface area contributed by atoms with Crippen LogP contribution in [0, 0.1) is 0 Å². The molecule has 2 aromatic carbocycles. The largest absolute Gasteiger partial charge is 0.398 e. The molecule has 0 amide bonds. The number of aromatic nitrogens is 1. The topological polar surface area (TPSA) is 38.9 Å². The summed E-state index contributed by atoms with van der Waals surface area (Å²) in [4.78, 5) is 4.58. The highest BCUT2D eigenvalue weighted by atomic mass is 79.9. The molecule has 0 fully saturated rings. The third kappa shape index (κ3) is 2.11. The summed E-state index contributed by atoms with van der Waals surface area (Å²) in [6.45, 7) is 0. The lowest BCUT2D eigenvalue weighted by atomic mass is 10.2. The zero-order valence-electron chi connectivity index (χ0n) is 9.15. The molecule has 5 heteroatoms. The quantitative estimate of drug-likeness (QED) is 0.636. The van der Waals surface area contributed by atoms with Crippen molar-refractivity contribution in [3.05, 3.63) is 45.9 Å². The minimum absolute atomic E-state index is 0.696. The molecule has 0 spiro atoms. The summed E-state index contributed by atoms with van der Waals surface area (Å²) in [6.07, 6.45) is 0. The zero-order valence-corrected chi connectivity index (χ0v) is 12.3. The van der Waals surface area contributed by atoms with Crippen molar-refractivity contribution < 1.29 is 0 Å². The highest BCUT2D eigenvalue weighted by Gasteiger charge is 2.10. The first-order valence-electron chi connectivity index (χ1n) is 5.25. The van der Waals surface area contributed by atoms with Gasteiger partial charge in [-0.05, 0) is 36.4 Å². The Bertz CT molecular complexity index is 739. The molecule has 3 rings (SSSR count). The zero-order chi connectivity index (χ0) is 12.7. The van der Waals surface area contributed by atoms with Crippen molar-refractivity contribution in [1.82, 2.24) is 4.98 Å². The van der Waals surface area contributed by atoms with Crippen molar-refractivity contribution in [2.75, 3.05) is 5.73 Å². The van der Waals surface area contributed by atoms with E-state index in [1.807, 2.05) is 36.4 Å². The Kier molecular flexibility index (Phi) is 3.01. The van der Waals surface area contributed by atoms with Crippen LogP contribution in [0.25, 0.3) is 20.8 Å².